The highest BCUT2D eigenvalue weighted by Crippen LogP contribution is 2.32. The van der Waals surface area contributed by atoms with E-state index in [2.05, 4.69) is 30.7 Å². The number of cyclic esters (lactones) is 1. The van der Waals surface area contributed by atoms with Gasteiger partial charge in [-0.1, -0.05) is 12.1 Å². The Bertz CT molecular complexity index is 1100. The largest absolute Gasteiger partial charge is 0.469 e. The third kappa shape index (κ3) is 8.05. The molecule has 0 unspecified atom stereocenters. The van der Waals surface area contributed by atoms with Crippen molar-refractivity contribution in [2.75, 3.05) is 56.2 Å². The molecule has 1 atom stereocenters. The predicted molar refractivity (Wildman–Crippen MR) is 131 cm³/mol. The van der Waals surface area contributed by atoms with E-state index in [-0.39, 0.29) is 81.7 Å². The van der Waals surface area contributed by atoms with Crippen LogP contribution in [0.5, 0.6) is 0 Å². The van der Waals surface area contributed by atoms with Crippen molar-refractivity contribution in [2.24, 2.45) is 0 Å². The Hall–Kier alpha value is -4.37. The number of aromatic nitrogens is 4. The van der Waals surface area contributed by atoms with Gasteiger partial charge in [0, 0.05) is 51.2 Å². The second-order valence-electron chi connectivity index (χ2n) is 8.55. The fraction of sp³-hybridized carbons (Fsp3) is 0.522. The van der Waals surface area contributed by atoms with E-state index in [4.69, 9.17) is 4.74 Å². The molecular formula is C23H30F2N8O6. The van der Waals surface area contributed by atoms with Crippen LogP contribution in [0.25, 0.3) is 0 Å². The van der Waals surface area contributed by atoms with Crippen LogP contribution in [-0.4, -0.2) is 102 Å². The summed E-state index contributed by atoms with van der Waals surface area (Å²) >= 11 is 0. The normalized spacial score (nSPS) is 16.8. The Balaban J connectivity index is 0.000000753. The van der Waals surface area contributed by atoms with Gasteiger partial charge in [-0.15, -0.1) is 10.2 Å². The number of benzene rings is 1. The SMILES string of the molecule is CCC(=O)NCC(=O)N1CCN(c2c(F)cc(N3C[C@H](CCC(=O)OC)OC3=O)cc2F)CC1.c1nn[nH]n1. The van der Waals surface area contributed by atoms with Crippen molar-refractivity contribution in [3.63, 3.8) is 0 Å². The lowest BCUT2D eigenvalue weighted by Gasteiger charge is -2.36. The number of nitrogens with one attached hydrogen (secondary N) is 2. The number of piperazine rings is 1. The summed E-state index contributed by atoms with van der Waals surface area (Å²) in [5.41, 5.74) is -0.213. The molecule has 2 N–H and O–H groups in total. The molecule has 2 aromatic rings. The number of carbonyl (C=O) groups excluding carboxylic acids is 4. The standard InChI is InChI=1S/C22H28F2N4O6.CH2N4/c1-3-18(29)25-12-19(30)26-6-8-27(9-7-26)21-16(23)10-14(11-17(21)24)28-13-15(34-22(28)32)4-5-20(31)33-2;1-2-4-5-3-1/h10-11,15H,3-9,12-13H2,1-2H3,(H,25,29);1H,(H,2,3,4,5)/t15-;/m0./s1. The van der Waals surface area contributed by atoms with Crippen molar-refractivity contribution in [3.05, 3.63) is 30.1 Å². The van der Waals surface area contributed by atoms with Gasteiger partial charge in [0.25, 0.3) is 0 Å². The number of ether oxygens (including phenoxy) is 2. The molecule has 212 valence electrons. The van der Waals surface area contributed by atoms with Crippen LogP contribution in [-0.2, 0) is 23.9 Å². The van der Waals surface area contributed by atoms with Crippen molar-refractivity contribution < 1.29 is 37.4 Å². The molecule has 0 radical (unpaired) electrons. The van der Waals surface area contributed by atoms with Crippen LogP contribution in [0, 0.1) is 11.6 Å². The van der Waals surface area contributed by atoms with Gasteiger partial charge in [-0.25, -0.2) is 13.6 Å². The van der Waals surface area contributed by atoms with Crippen molar-refractivity contribution in [2.45, 2.75) is 32.3 Å². The summed E-state index contributed by atoms with van der Waals surface area (Å²) in [5.74, 6) is -2.60. The van der Waals surface area contributed by atoms with E-state index in [0.717, 1.165) is 17.0 Å². The maximum Gasteiger partial charge on any atom is 0.414 e. The van der Waals surface area contributed by atoms with Crippen LogP contribution in [0.1, 0.15) is 26.2 Å². The molecule has 0 spiro atoms. The molecule has 39 heavy (non-hydrogen) atoms. The predicted octanol–water partition coefficient (Wildman–Crippen LogP) is 0.618. The molecule has 0 saturated carbocycles. The first-order valence-electron chi connectivity index (χ1n) is 12.2. The number of anilines is 2. The zero-order chi connectivity index (χ0) is 28.4. The Labute approximate surface area is 222 Å². The molecule has 14 nitrogen and oxygen atoms in total. The maximum atomic E-state index is 14.9. The first kappa shape index (κ1) is 29.2. The number of nitrogens with zero attached hydrogens (tertiary/aromatic N) is 6. The second-order valence-corrected chi connectivity index (χ2v) is 8.55. The Morgan fingerprint density at radius 2 is 1.87 bits per heavy atom. The van der Waals surface area contributed by atoms with E-state index in [1.54, 1.807) is 6.92 Å². The number of methoxy groups -OCH3 is 1. The summed E-state index contributed by atoms with van der Waals surface area (Å²) in [6.07, 6.45) is 0.569. The topological polar surface area (TPSA) is 163 Å². The molecule has 2 aliphatic heterocycles. The highest BCUT2D eigenvalue weighted by atomic mass is 19.1. The van der Waals surface area contributed by atoms with E-state index in [1.807, 2.05) is 0 Å². The van der Waals surface area contributed by atoms with Crippen LogP contribution >= 0.6 is 0 Å². The molecule has 4 rings (SSSR count). The molecule has 0 bridgehead atoms. The lowest BCUT2D eigenvalue weighted by atomic mass is 10.1. The molecule has 16 heteroatoms. The van der Waals surface area contributed by atoms with Crippen LogP contribution in [0.15, 0.2) is 18.5 Å². The van der Waals surface area contributed by atoms with Crippen molar-refractivity contribution in [1.82, 2.24) is 30.8 Å². The van der Waals surface area contributed by atoms with Gasteiger partial charge < -0.3 is 24.6 Å². The third-order valence-electron chi connectivity index (χ3n) is 6.06. The first-order chi connectivity index (χ1) is 18.7. The highest BCUT2D eigenvalue weighted by molar-refractivity contribution is 5.90. The van der Waals surface area contributed by atoms with E-state index < -0.39 is 29.8 Å². The second kappa shape index (κ2) is 14.0. The van der Waals surface area contributed by atoms with Crippen LogP contribution < -0.4 is 15.1 Å². The zero-order valence-corrected chi connectivity index (χ0v) is 21.6. The molecular weight excluding hydrogens is 522 g/mol. The quantitative estimate of drug-likeness (QED) is 0.444. The van der Waals surface area contributed by atoms with Crippen LogP contribution in [0.2, 0.25) is 0 Å². The molecule has 1 aromatic heterocycles. The summed E-state index contributed by atoms with van der Waals surface area (Å²) in [5, 5.41) is 14.7. The number of rotatable bonds is 8. The number of hydrogen-bond acceptors (Lipinski definition) is 10. The molecule has 3 amide bonds. The van der Waals surface area contributed by atoms with Gasteiger partial charge in [-0.2, -0.15) is 5.21 Å². The summed E-state index contributed by atoms with van der Waals surface area (Å²) in [4.78, 5) is 51.2. The first-order valence-corrected chi connectivity index (χ1v) is 12.2. The van der Waals surface area contributed by atoms with Gasteiger partial charge in [0.15, 0.2) is 18.0 Å². The minimum Gasteiger partial charge on any atom is -0.469 e. The molecule has 0 aliphatic carbocycles. The average Bonchev–Trinajstić information content (AvgIpc) is 3.63. The lowest BCUT2D eigenvalue weighted by Crippen LogP contribution is -2.51. The number of tetrazole rings is 1. The Kier molecular flexibility index (Phi) is 10.5. The van der Waals surface area contributed by atoms with E-state index >= 15 is 0 Å². The number of amides is 3. The molecule has 2 saturated heterocycles. The minimum absolute atomic E-state index is 0.0183. The van der Waals surface area contributed by atoms with Crippen molar-refractivity contribution in [3.8, 4) is 0 Å². The maximum absolute atomic E-state index is 14.9. The van der Waals surface area contributed by atoms with Crippen LogP contribution in [0.4, 0.5) is 25.0 Å². The summed E-state index contributed by atoms with van der Waals surface area (Å²) < 4.78 is 39.6. The lowest BCUT2D eigenvalue weighted by molar-refractivity contribution is -0.141. The zero-order valence-electron chi connectivity index (χ0n) is 21.6. The van der Waals surface area contributed by atoms with Gasteiger partial charge in [-0.3, -0.25) is 19.3 Å². The number of aromatic amines is 1. The monoisotopic (exact) mass is 552 g/mol. The third-order valence-corrected chi connectivity index (χ3v) is 6.06. The summed E-state index contributed by atoms with van der Waals surface area (Å²) in [7, 11) is 1.26. The van der Waals surface area contributed by atoms with E-state index in [0.29, 0.717) is 0 Å². The minimum atomic E-state index is -0.837. The highest BCUT2D eigenvalue weighted by Gasteiger charge is 2.34. The van der Waals surface area contributed by atoms with Gasteiger partial charge in [0.1, 0.15) is 11.8 Å². The van der Waals surface area contributed by atoms with E-state index in [9.17, 15) is 28.0 Å². The van der Waals surface area contributed by atoms with Crippen molar-refractivity contribution >= 4 is 35.3 Å². The van der Waals surface area contributed by atoms with Crippen LogP contribution in [0.3, 0.4) is 0 Å². The molecule has 1 aromatic carbocycles. The van der Waals surface area contributed by atoms with Gasteiger partial charge in [0.05, 0.1) is 25.9 Å². The number of H-pyrrole nitrogens is 1. The number of carbonyl (C=O) groups is 4. The molecule has 2 aliphatic rings. The van der Waals surface area contributed by atoms with Gasteiger partial charge in [-0.05, 0) is 6.42 Å². The number of hydrogen-bond donors (Lipinski definition) is 2. The van der Waals surface area contributed by atoms with Crippen molar-refractivity contribution in [1.29, 1.82) is 0 Å². The van der Waals surface area contributed by atoms with E-state index in [1.165, 1.54) is 23.2 Å². The fourth-order valence-electron chi connectivity index (χ4n) is 3.99. The molecule has 3 heterocycles. The fourth-order valence-corrected chi connectivity index (χ4v) is 3.99. The summed E-state index contributed by atoms with van der Waals surface area (Å²) in [6, 6.07) is 2.14. The molecule has 2 fully saturated rings. The van der Waals surface area contributed by atoms with Gasteiger partial charge in [0.2, 0.25) is 11.8 Å². The number of esters is 1. The number of halogens is 2. The van der Waals surface area contributed by atoms with Gasteiger partial charge >= 0.3 is 12.1 Å². The Morgan fingerprint density at radius 1 is 1.18 bits per heavy atom. The summed E-state index contributed by atoms with van der Waals surface area (Å²) in [6.45, 7) is 2.55. The smallest absolute Gasteiger partial charge is 0.414 e. The average molecular weight is 553 g/mol. The Morgan fingerprint density at radius 3 is 2.41 bits per heavy atom.